The van der Waals surface area contributed by atoms with Gasteiger partial charge in [-0.2, -0.15) is 0 Å². The van der Waals surface area contributed by atoms with Gasteiger partial charge in [0.25, 0.3) is 0 Å². The third-order valence-corrected chi connectivity index (χ3v) is 10.1. The molecule has 0 heterocycles. The highest BCUT2D eigenvalue weighted by atomic mass is 16.7. The molecule has 4 fully saturated rings. The molecule has 0 bridgehead atoms. The number of methoxy groups -OCH3 is 1. The third kappa shape index (κ3) is 3.54. The van der Waals surface area contributed by atoms with Gasteiger partial charge in [-0.1, -0.05) is 19.4 Å². The van der Waals surface area contributed by atoms with E-state index in [2.05, 4.69) is 13.8 Å². The average Bonchev–Trinajstić information content (AvgIpc) is 3.33. The van der Waals surface area contributed by atoms with Crippen molar-refractivity contribution in [2.45, 2.75) is 103 Å². The fourth-order valence-electron chi connectivity index (χ4n) is 8.16. The fraction of sp³-hybridized carbons (Fsp3) is 0.815. The summed E-state index contributed by atoms with van der Waals surface area (Å²) < 4.78 is 17.8. The summed E-state index contributed by atoms with van der Waals surface area (Å²) >= 11 is 0. The number of rotatable bonds is 4. The van der Waals surface area contributed by atoms with E-state index >= 15 is 0 Å². The van der Waals surface area contributed by atoms with Crippen molar-refractivity contribution >= 4 is 17.5 Å². The van der Waals surface area contributed by atoms with Crippen LogP contribution in [0, 0.1) is 28.6 Å². The second-order valence-corrected chi connectivity index (χ2v) is 11.7. The van der Waals surface area contributed by atoms with Gasteiger partial charge in [-0.15, -0.1) is 0 Å². The Kier molecular flexibility index (Phi) is 5.64. The van der Waals surface area contributed by atoms with Crippen LogP contribution in [0.4, 0.5) is 0 Å². The van der Waals surface area contributed by atoms with E-state index in [1.165, 1.54) is 6.92 Å². The number of ketones is 2. The van der Waals surface area contributed by atoms with E-state index in [1.807, 2.05) is 6.08 Å². The van der Waals surface area contributed by atoms with Crippen molar-refractivity contribution in [3.8, 4) is 0 Å². The quantitative estimate of drug-likeness (QED) is 0.455. The zero-order valence-electron chi connectivity index (χ0n) is 20.5. The van der Waals surface area contributed by atoms with Crippen molar-refractivity contribution < 1.29 is 28.6 Å². The minimum absolute atomic E-state index is 0.0115. The van der Waals surface area contributed by atoms with Crippen molar-refractivity contribution in [1.29, 1.82) is 0 Å². The van der Waals surface area contributed by atoms with Gasteiger partial charge in [-0.25, -0.2) is 0 Å². The van der Waals surface area contributed by atoms with E-state index < -0.39 is 11.9 Å². The van der Waals surface area contributed by atoms with Crippen LogP contribution in [0.3, 0.4) is 0 Å². The van der Waals surface area contributed by atoms with Crippen molar-refractivity contribution in [3.63, 3.8) is 0 Å². The number of fused-ring (bicyclic) bond motifs is 5. The van der Waals surface area contributed by atoms with Crippen LogP contribution in [0.25, 0.3) is 0 Å². The second-order valence-electron chi connectivity index (χ2n) is 11.7. The first kappa shape index (κ1) is 23.2. The lowest BCUT2D eigenvalue weighted by Gasteiger charge is -2.56. The molecule has 5 aliphatic carbocycles. The maximum atomic E-state index is 13.6. The first-order valence-corrected chi connectivity index (χ1v) is 12.8. The summed E-state index contributed by atoms with van der Waals surface area (Å²) in [4.78, 5) is 38.4. The molecule has 7 atom stereocenters. The number of allylic oxidation sites excluding steroid dienone is 1. The van der Waals surface area contributed by atoms with Crippen molar-refractivity contribution in [2.75, 3.05) is 7.11 Å². The van der Waals surface area contributed by atoms with Gasteiger partial charge >= 0.3 is 5.97 Å². The van der Waals surface area contributed by atoms with Crippen LogP contribution in [0.2, 0.25) is 0 Å². The molecule has 0 aromatic heterocycles. The fourth-order valence-corrected chi connectivity index (χ4v) is 8.16. The van der Waals surface area contributed by atoms with Crippen LogP contribution >= 0.6 is 0 Å². The maximum Gasteiger partial charge on any atom is 0.302 e. The number of carbonyl (C=O) groups excluding carboxylic acids is 3. The molecule has 6 heteroatoms. The van der Waals surface area contributed by atoms with E-state index in [1.54, 1.807) is 7.11 Å². The average molecular weight is 459 g/mol. The van der Waals surface area contributed by atoms with Crippen LogP contribution in [-0.4, -0.2) is 42.6 Å². The molecule has 0 saturated heterocycles. The summed E-state index contributed by atoms with van der Waals surface area (Å²) in [5.74, 6) is -0.514. The van der Waals surface area contributed by atoms with Gasteiger partial charge in [0.1, 0.15) is 12.2 Å². The number of hydrogen-bond donors (Lipinski definition) is 0. The van der Waals surface area contributed by atoms with Crippen LogP contribution in [0.5, 0.6) is 0 Å². The van der Waals surface area contributed by atoms with Gasteiger partial charge in [-0.05, 0) is 61.9 Å². The minimum Gasteiger partial charge on any atom is -0.462 e. The van der Waals surface area contributed by atoms with E-state index in [-0.39, 0.29) is 52.2 Å². The zero-order valence-corrected chi connectivity index (χ0v) is 20.5. The van der Waals surface area contributed by atoms with Gasteiger partial charge in [0.15, 0.2) is 17.4 Å². The molecule has 33 heavy (non-hydrogen) atoms. The highest BCUT2D eigenvalue weighted by Crippen LogP contribution is 2.64. The van der Waals surface area contributed by atoms with Crippen LogP contribution < -0.4 is 0 Å². The smallest absolute Gasteiger partial charge is 0.302 e. The Bertz CT molecular complexity index is 885. The summed E-state index contributed by atoms with van der Waals surface area (Å²) in [7, 11) is 1.69. The molecule has 0 aliphatic heterocycles. The number of hydrogen-bond acceptors (Lipinski definition) is 6. The molecule has 5 aliphatic rings. The molecule has 4 saturated carbocycles. The summed E-state index contributed by atoms with van der Waals surface area (Å²) in [5.41, 5.74) is 0.729. The van der Waals surface area contributed by atoms with Crippen molar-refractivity contribution in [1.82, 2.24) is 0 Å². The van der Waals surface area contributed by atoms with Gasteiger partial charge in [-0.3, -0.25) is 14.4 Å². The molecule has 182 valence electrons. The lowest BCUT2D eigenvalue weighted by atomic mass is 9.47. The minimum atomic E-state index is -0.653. The summed E-state index contributed by atoms with van der Waals surface area (Å²) in [5, 5.41) is 0. The van der Waals surface area contributed by atoms with Crippen LogP contribution in [0.15, 0.2) is 11.6 Å². The number of Topliss-reactive ketones (excluding diaryl/α,β-unsaturated/α-hetero) is 1. The molecule has 0 radical (unpaired) electrons. The largest absolute Gasteiger partial charge is 0.462 e. The van der Waals surface area contributed by atoms with Crippen molar-refractivity contribution in [2.24, 2.45) is 28.6 Å². The molecule has 6 nitrogen and oxygen atoms in total. The molecule has 0 aromatic rings. The highest BCUT2D eigenvalue weighted by Gasteiger charge is 2.64. The Labute approximate surface area is 196 Å². The second kappa shape index (κ2) is 8.01. The molecule has 0 spiro atoms. The van der Waals surface area contributed by atoms with Crippen molar-refractivity contribution in [3.05, 3.63) is 11.6 Å². The molecule has 3 unspecified atom stereocenters. The van der Waals surface area contributed by atoms with Crippen LogP contribution in [-0.2, 0) is 28.6 Å². The molecule has 0 N–H and O–H groups in total. The normalized spacial score (nSPS) is 44.0. The maximum absolute atomic E-state index is 13.6. The van der Waals surface area contributed by atoms with Gasteiger partial charge in [0.2, 0.25) is 0 Å². The Balaban J connectivity index is 1.42. The Morgan fingerprint density at radius 2 is 1.73 bits per heavy atom. The monoisotopic (exact) mass is 458 g/mol. The Hall–Kier alpha value is -1.53. The first-order chi connectivity index (χ1) is 15.6. The Morgan fingerprint density at radius 3 is 2.39 bits per heavy atom. The highest BCUT2D eigenvalue weighted by molar-refractivity contribution is 5.96. The first-order valence-electron chi connectivity index (χ1n) is 12.8. The van der Waals surface area contributed by atoms with Crippen LogP contribution in [0.1, 0.15) is 85.0 Å². The van der Waals surface area contributed by atoms with Gasteiger partial charge in [0.05, 0.1) is 0 Å². The third-order valence-electron chi connectivity index (χ3n) is 10.1. The van der Waals surface area contributed by atoms with E-state index in [0.29, 0.717) is 12.8 Å². The topological polar surface area (TPSA) is 78.9 Å². The lowest BCUT2D eigenvalue weighted by molar-refractivity contribution is -0.258. The summed E-state index contributed by atoms with van der Waals surface area (Å²) in [6.07, 6.45) is 9.58. The standard InChI is InChI=1S/C27H38O6/c1-16(28)32-18-7-11-25(2)17(13-18)14-21(29)23-19(25)8-12-26(3)20(23)15-22(30)24(26)33-27(31-4)9-5-6-10-27/h14,18-20,23-24H,5-13,15H2,1-4H3/t18-,19?,20?,23?,24-,25-,26-/m0/s1. The summed E-state index contributed by atoms with van der Waals surface area (Å²) in [6, 6.07) is 0. The summed E-state index contributed by atoms with van der Waals surface area (Å²) in [6.45, 7) is 5.91. The molecule has 0 amide bonds. The van der Waals surface area contributed by atoms with E-state index in [4.69, 9.17) is 14.2 Å². The molecule has 5 rings (SSSR count). The van der Waals surface area contributed by atoms with E-state index in [9.17, 15) is 14.4 Å². The predicted molar refractivity (Wildman–Crippen MR) is 121 cm³/mol. The molecular weight excluding hydrogens is 420 g/mol. The SMILES string of the molecule is COC1(O[C@H]2C(=O)CC3C4C(=O)C=C5C[C@@H](OC(C)=O)CC[C@]5(C)C4CC[C@@]32C)CCCC1. The lowest BCUT2D eigenvalue weighted by Crippen LogP contribution is -2.55. The Morgan fingerprint density at radius 1 is 1.00 bits per heavy atom. The number of esters is 1. The van der Waals surface area contributed by atoms with E-state index in [0.717, 1.165) is 56.9 Å². The molecule has 0 aromatic carbocycles. The zero-order chi connectivity index (χ0) is 23.6. The molecular formula is C27H38O6. The number of carbonyl (C=O) groups is 3. The van der Waals surface area contributed by atoms with Gasteiger partial charge < -0.3 is 14.2 Å². The number of ether oxygens (including phenoxy) is 3. The predicted octanol–water partition coefficient (Wildman–Crippen LogP) is 4.54. The van der Waals surface area contributed by atoms with Gasteiger partial charge in [0, 0.05) is 51.0 Å².